The van der Waals surface area contributed by atoms with Crippen LogP contribution in [0.4, 0.5) is 4.39 Å². The van der Waals surface area contributed by atoms with Crippen LogP contribution in [0.15, 0.2) is 17.4 Å². The Hall–Kier alpha value is -1.25. The Kier molecular flexibility index (Phi) is 1.64. The minimum atomic E-state index is -0.275. The van der Waals surface area contributed by atoms with E-state index in [4.69, 9.17) is 0 Å². The van der Waals surface area contributed by atoms with E-state index in [1.54, 1.807) is 12.4 Å². The predicted molar refractivity (Wildman–Crippen MR) is 45.0 cm³/mol. The van der Waals surface area contributed by atoms with Crippen molar-refractivity contribution < 1.29 is 4.39 Å². The Labute approximate surface area is 70.2 Å². The van der Waals surface area contributed by atoms with Gasteiger partial charge in [0.15, 0.2) is 0 Å². The minimum Gasteiger partial charge on any atom is -0.289 e. The summed E-state index contributed by atoms with van der Waals surface area (Å²) in [5.41, 5.74) is 1.56. The second-order valence-corrected chi connectivity index (χ2v) is 3.03. The molecule has 3 heteroatoms. The van der Waals surface area contributed by atoms with E-state index in [0.717, 1.165) is 12.0 Å². The molecular formula is C9H9FN2. The summed E-state index contributed by atoms with van der Waals surface area (Å²) in [5.74, 6) is -0.275. The summed E-state index contributed by atoms with van der Waals surface area (Å²) < 4.78 is 13.0. The summed E-state index contributed by atoms with van der Waals surface area (Å²) in [4.78, 5) is 7.93. The minimum absolute atomic E-state index is 0.251. The summed E-state index contributed by atoms with van der Waals surface area (Å²) in [6.45, 7) is 2.00. The van der Waals surface area contributed by atoms with Gasteiger partial charge in [-0.1, -0.05) is 0 Å². The molecular weight excluding hydrogens is 155 g/mol. The molecule has 0 bridgehead atoms. The second kappa shape index (κ2) is 2.66. The van der Waals surface area contributed by atoms with Gasteiger partial charge < -0.3 is 0 Å². The van der Waals surface area contributed by atoms with Crippen LogP contribution in [0, 0.1) is 5.82 Å². The van der Waals surface area contributed by atoms with Gasteiger partial charge in [-0.15, -0.1) is 0 Å². The normalized spacial score (nSPS) is 20.7. The molecule has 0 aromatic carbocycles. The monoisotopic (exact) mass is 164 g/mol. The molecule has 0 spiro atoms. The van der Waals surface area contributed by atoms with Crippen LogP contribution in [-0.2, 0) is 6.42 Å². The highest BCUT2D eigenvalue weighted by molar-refractivity contribution is 5.83. The fourth-order valence-electron chi connectivity index (χ4n) is 1.37. The SMILES string of the molecule is C[C@@H]1Cc2cncc(F)c2C=N1. The van der Waals surface area contributed by atoms with Crippen molar-refractivity contribution in [3.05, 3.63) is 29.3 Å². The van der Waals surface area contributed by atoms with Crippen molar-refractivity contribution in [3.8, 4) is 0 Å². The van der Waals surface area contributed by atoms with Crippen LogP contribution < -0.4 is 0 Å². The predicted octanol–water partition coefficient (Wildman–Crippen LogP) is 1.58. The van der Waals surface area contributed by atoms with Crippen molar-refractivity contribution in [2.75, 3.05) is 0 Å². The van der Waals surface area contributed by atoms with Gasteiger partial charge >= 0.3 is 0 Å². The smallest absolute Gasteiger partial charge is 0.150 e. The van der Waals surface area contributed by atoms with E-state index < -0.39 is 0 Å². The molecule has 0 amide bonds. The number of halogens is 1. The number of hydrogen-bond acceptors (Lipinski definition) is 2. The van der Waals surface area contributed by atoms with Gasteiger partial charge in [0.1, 0.15) is 5.82 Å². The Morgan fingerprint density at radius 1 is 1.50 bits per heavy atom. The van der Waals surface area contributed by atoms with Crippen molar-refractivity contribution in [2.45, 2.75) is 19.4 Å². The van der Waals surface area contributed by atoms with Crippen LogP contribution in [0.5, 0.6) is 0 Å². The molecule has 1 atom stereocenters. The third-order valence-corrected chi connectivity index (χ3v) is 1.99. The average molecular weight is 164 g/mol. The van der Waals surface area contributed by atoms with Gasteiger partial charge in [0.2, 0.25) is 0 Å². The number of rotatable bonds is 0. The third-order valence-electron chi connectivity index (χ3n) is 1.99. The maximum atomic E-state index is 13.0. The summed E-state index contributed by atoms with van der Waals surface area (Å²) in [5, 5.41) is 0. The van der Waals surface area contributed by atoms with E-state index in [-0.39, 0.29) is 11.9 Å². The Balaban J connectivity index is 2.53. The first kappa shape index (κ1) is 7.40. The molecule has 0 radical (unpaired) electrons. The molecule has 0 saturated heterocycles. The number of aliphatic imine (C=N–C) groups is 1. The highest BCUT2D eigenvalue weighted by Crippen LogP contribution is 2.16. The maximum absolute atomic E-state index is 13.0. The number of aromatic nitrogens is 1. The topological polar surface area (TPSA) is 25.2 Å². The number of fused-ring (bicyclic) bond motifs is 1. The summed E-state index contributed by atoms with van der Waals surface area (Å²) in [7, 11) is 0. The van der Waals surface area contributed by atoms with Gasteiger partial charge in [0.25, 0.3) is 0 Å². The zero-order valence-corrected chi connectivity index (χ0v) is 6.79. The lowest BCUT2D eigenvalue weighted by Gasteiger charge is -2.14. The zero-order valence-electron chi connectivity index (χ0n) is 6.79. The molecule has 2 nitrogen and oxygen atoms in total. The third kappa shape index (κ3) is 1.11. The fraction of sp³-hybridized carbons (Fsp3) is 0.333. The van der Waals surface area contributed by atoms with E-state index in [1.165, 1.54) is 6.20 Å². The van der Waals surface area contributed by atoms with Gasteiger partial charge in [0, 0.05) is 18.0 Å². The maximum Gasteiger partial charge on any atom is 0.150 e. The molecule has 0 unspecified atom stereocenters. The summed E-state index contributed by atoms with van der Waals surface area (Å²) >= 11 is 0. The Morgan fingerprint density at radius 3 is 3.17 bits per heavy atom. The van der Waals surface area contributed by atoms with Crippen LogP contribution in [0.3, 0.4) is 0 Å². The molecule has 0 saturated carbocycles. The lowest BCUT2D eigenvalue weighted by Crippen LogP contribution is -2.13. The van der Waals surface area contributed by atoms with Crippen molar-refractivity contribution in [2.24, 2.45) is 4.99 Å². The van der Waals surface area contributed by atoms with Gasteiger partial charge in [0.05, 0.1) is 12.2 Å². The van der Waals surface area contributed by atoms with Crippen LogP contribution in [0.25, 0.3) is 0 Å². The lowest BCUT2D eigenvalue weighted by atomic mass is 10.0. The van der Waals surface area contributed by atoms with Crippen molar-refractivity contribution >= 4 is 6.21 Å². The Bertz CT molecular complexity index is 333. The van der Waals surface area contributed by atoms with Crippen LogP contribution >= 0.6 is 0 Å². The molecule has 62 valence electrons. The van der Waals surface area contributed by atoms with Gasteiger partial charge in [-0.3, -0.25) is 9.98 Å². The highest BCUT2D eigenvalue weighted by Gasteiger charge is 2.13. The zero-order chi connectivity index (χ0) is 8.55. The van der Waals surface area contributed by atoms with Crippen molar-refractivity contribution in [1.82, 2.24) is 4.98 Å². The molecule has 0 aliphatic carbocycles. The molecule has 0 N–H and O–H groups in total. The van der Waals surface area contributed by atoms with E-state index in [9.17, 15) is 4.39 Å². The Morgan fingerprint density at radius 2 is 2.33 bits per heavy atom. The number of nitrogens with zero attached hydrogens (tertiary/aromatic N) is 2. The molecule has 1 aliphatic heterocycles. The van der Waals surface area contributed by atoms with Gasteiger partial charge in [-0.05, 0) is 18.9 Å². The summed E-state index contributed by atoms with van der Waals surface area (Å²) in [6, 6.07) is 0.251. The average Bonchev–Trinajstić information content (AvgIpc) is 2.04. The highest BCUT2D eigenvalue weighted by atomic mass is 19.1. The fourth-order valence-corrected chi connectivity index (χ4v) is 1.37. The van der Waals surface area contributed by atoms with Crippen LogP contribution in [-0.4, -0.2) is 17.2 Å². The summed E-state index contributed by atoms with van der Waals surface area (Å²) in [6.07, 6.45) is 5.32. The van der Waals surface area contributed by atoms with E-state index in [1.807, 2.05) is 6.92 Å². The molecule has 1 aromatic rings. The lowest BCUT2D eigenvalue weighted by molar-refractivity contribution is 0.609. The molecule has 1 aromatic heterocycles. The van der Waals surface area contributed by atoms with Crippen LogP contribution in [0.1, 0.15) is 18.1 Å². The molecule has 2 heterocycles. The molecule has 1 aliphatic rings. The molecule has 12 heavy (non-hydrogen) atoms. The largest absolute Gasteiger partial charge is 0.289 e. The van der Waals surface area contributed by atoms with Crippen LogP contribution in [0.2, 0.25) is 0 Å². The second-order valence-electron chi connectivity index (χ2n) is 3.03. The number of pyridine rings is 1. The van der Waals surface area contributed by atoms with Crippen molar-refractivity contribution in [3.63, 3.8) is 0 Å². The van der Waals surface area contributed by atoms with Crippen molar-refractivity contribution in [1.29, 1.82) is 0 Å². The first-order valence-corrected chi connectivity index (χ1v) is 3.93. The van der Waals surface area contributed by atoms with E-state index in [2.05, 4.69) is 9.98 Å². The first-order valence-electron chi connectivity index (χ1n) is 3.93. The van der Waals surface area contributed by atoms with Gasteiger partial charge in [-0.2, -0.15) is 0 Å². The quantitative estimate of drug-likeness (QED) is 0.571. The van der Waals surface area contributed by atoms with E-state index >= 15 is 0 Å². The number of hydrogen-bond donors (Lipinski definition) is 0. The standard InChI is InChI=1S/C9H9FN2/c1-6-2-7-3-11-5-9(10)8(7)4-12-6/h3-6H,2H2,1H3/t6-/m1/s1. The molecule has 2 rings (SSSR count). The van der Waals surface area contributed by atoms with Gasteiger partial charge in [-0.25, -0.2) is 4.39 Å². The molecule has 0 fully saturated rings. The first-order chi connectivity index (χ1) is 5.77. The van der Waals surface area contributed by atoms with E-state index in [0.29, 0.717) is 5.56 Å².